The molecule has 1 N–H and O–H groups in total. The maximum atomic E-state index is 12.7. The average molecular weight is 410 g/mol. The third-order valence-corrected chi connectivity index (χ3v) is 5.77. The Morgan fingerprint density at radius 3 is 2.79 bits per heavy atom. The number of aryl methyl sites for hydroxylation is 2. The van der Waals surface area contributed by atoms with Gasteiger partial charge in [-0.2, -0.15) is 0 Å². The molecule has 2 heterocycles. The first-order chi connectivity index (χ1) is 14.0. The van der Waals surface area contributed by atoms with Crippen molar-refractivity contribution in [2.24, 2.45) is 5.92 Å². The number of hydrogen-bond donors (Lipinski definition) is 1. The summed E-state index contributed by atoms with van der Waals surface area (Å²) in [6.45, 7) is 4.34. The van der Waals surface area contributed by atoms with Crippen molar-refractivity contribution in [2.75, 3.05) is 10.2 Å². The SMILES string of the molecule is Cc1ccc(NC(=O)Cc2csc(N(Cc3ccco3)C(=O)C3CC3)n2)c(C)c1. The van der Waals surface area contributed by atoms with E-state index in [1.807, 2.05) is 43.5 Å². The second-order valence-corrected chi connectivity index (χ2v) is 8.28. The lowest BCUT2D eigenvalue weighted by Crippen LogP contribution is -2.31. The summed E-state index contributed by atoms with van der Waals surface area (Å²) in [5.41, 5.74) is 3.64. The molecular formula is C22H23N3O3S. The molecule has 7 heteroatoms. The number of nitrogens with one attached hydrogen (secondary N) is 1. The minimum Gasteiger partial charge on any atom is -0.467 e. The predicted molar refractivity (Wildman–Crippen MR) is 113 cm³/mol. The molecular weight excluding hydrogens is 386 g/mol. The molecule has 0 aliphatic heterocycles. The number of aromatic nitrogens is 1. The Kier molecular flexibility index (Phi) is 5.49. The van der Waals surface area contributed by atoms with Crippen molar-refractivity contribution in [1.82, 2.24) is 4.98 Å². The van der Waals surface area contributed by atoms with Gasteiger partial charge >= 0.3 is 0 Å². The summed E-state index contributed by atoms with van der Waals surface area (Å²) in [6, 6.07) is 9.57. The van der Waals surface area contributed by atoms with Crippen molar-refractivity contribution < 1.29 is 14.0 Å². The molecule has 4 rings (SSSR count). The molecule has 29 heavy (non-hydrogen) atoms. The highest BCUT2D eigenvalue weighted by molar-refractivity contribution is 7.14. The summed E-state index contributed by atoms with van der Waals surface area (Å²) < 4.78 is 5.41. The standard InChI is InChI=1S/C22H23N3O3S/c1-14-5-8-19(15(2)10-14)24-20(26)11-17-13-29-22(23-17)25(21(27)16-6-7-16)12-18-4-3-9-28-18/h3-5,8-10,13,16H,6-7,11-12H2,1-2H3,(H,24,26). The van der Waals surface area contributed by atoms with Crippen LogP contribution in [0.4, 0.5) is 10.8 Å². The van der Waals surface area contributed by atoms with E-state index >= 15 is 0 Å². The maximum Gasteiger partial charge on any atom is 0.232 e. The topological polar surface area (TPSA) is 75.4 Å². The minimum absolute atomic E-state index is 0.0713. The van der Waals surface area contributed by atoms with E-state index in [0.717, 1.165) is 29.7 Å². The van der Waals surface area contributed by atoms with E-state index in [2.05, 4.69) is 10.3 Å². The number of anilines is 2. The summed E-state index contributed by atoms with van der Waals surface area (Å²) in [5, 5.41) is 5.39. The van der Waals surface area contributed by atoms with Gasteiger partial charge in [0.05, 0.1) is 24.9 Å². The first-order valence-corrected chi connectivity index (χ1v) is 10.5. The zero-order valence-corrected chi connectivity index (χ0v) is 17.3. The largest absolute Gasteiger partial charge is 0.467 e. The van der Waals surface area contributed by atoms with Gasteiger partial charge in [0.15, 0.2) is 5.13 Å². The number of benzene rings is 1. The lowest BCUT2D eigenvalue weighted by atomic mass is 10.1. The number of furan rings is 1. The van der Waals surface area contributed by atoms with Gasteiger partial charge in [-0.25, -0.2) is 4.98 Å². The van der Waals surface area contributed by atoms with E-state index in [1.165, 1.54) is 11.3 Å². The van der Waals surface area contributed by atoms with Crippen LogP contribution in [0.3, 0.4) is 0 Å². The van der Waals surface area contributed by atoms with Gasteiger partial charge in [0.1, 0.15) is 5.76 Å². The number of carbonyl (C=O) groups excluding carboxylic acids is 2. The highest BCUT2D eigenvalue weighted by atomic mass is 32.1. The van der Waals surface area contributed by atoms with Crippen LogP contribution in [0.1, 0.15) is 35.4 Å². The molecule has 150 valence electrons. The van der Waals surface area contributed by atoms with Crippen molar-refractivity contribution in [3.05, 3.63) is 64.6 Å². The average Bonchev–Trinajstić information content (AvgIpc) is 3.21. The van der Waals surface area contributed by atoms with Gasteiger partial charge in [-0.05, 0) is 50.5 Å². The van der Waals surface area contributed by atoms with E-state index in [-0.39, 0.29) is 24.2 Å². The third-order valence-electron chi connectivity index (χ3n) is 4.85. The van der Waals surface area contributed by atoms with Crippen molar-refractivity contribution in [1.29, 1.82) is 0 Å². The molecule has 3 aromatic rings. The quantitative estimate of drug-likeness (QED) is 0.624. The fourth-order valence-electron chi connectivity index (χ4n) is 3.16. The molecule has 0 saturated heterocycles. The molecule has 0 radical (unpaired) electrons. The van der Waals surface area contributed by atoms with Crippen LogP contribution < -0.4 is 10.2 Å². The van der Waals surface area contributed by atoms with Gasteiger partial charge in [0, 0.05) is 17.0 Å². The highest BCUT2D eigenvalue weighted by Gasteiger charge is 2.35. The normalized spacial score (nSPS) is 13.3. The van der Waals surface area contributed by atoms with Crippen molar-refractivity contribution in [2.45, 2.75) is 39.7 Å². The summed E-state index contributed by atoms with van der Waals surface area (Å²) >= 11 is 1.38. The van der Waals surface area contributed by atoms with Crippen molar-refractivity contribution in [3.63, 3.8) is 0 Å². The fraction of sp³-hybridized carbons (Fsp3) is 0.318. The lowest BCUT2D eigenvalue weighted by Gasteiger charge is -2.18. The number of rotatable bonds is 7. The van der Waals surface area contributed by atoms with Gasteiger partial charge in [-0.1, -0.05) is 17.7 Å². The fourth-order valence-corrected chi connectivity index (χ4v) is 3.99. The monoisotopic (exact) mass is 409 g/mol. The number of nitrogens with zero attached hydrogens (tertiary/aromatic N) is 2. The molecule has 0 unspecified atom stereocenters. The third kappa shape index (κ3) is 4.74. The predicted octanol–water partition coefficient (Wildman–Crippen LogP) is 4.48. The van der Waals surface area contributed by atoms with E-state index in [1.54, 1.807) is 17.2 Å². The molecule has 6 nitrogen and oxygen atoms in total. The van der Waals surface area contributed by atoms with Gasteiger partial charge in [-0.3, -0.25) is 14.5 Å². The summed E-state index contributed by atoms with van der Waals surface area (Å²) in [4.78, 5) is 31.4. The Labute approximate surface area is 173 Å². The summed E-state index contributed by atoms with van der Waals surface area (Å²) in [7, 11) is 0. The number of amides is 2. The van der Waals surface area contributed by atoms with Gasteiger partial charge in [0.25, 0.3) is 0 Å². The van der Waals surface area contributed by atoms with Crippen molar-refractivity contribution in [3.8, 4) is 0 Å². The van der Waals surface area contributed by atoms with E-state index in [0.29, 0.717) is 23.1 Å². The van der Waals surface area contributed by atoms with E-state index < -0.39 is 0 Å². The summed E-state index contributed by atoms with van der Waals surface area (Å²) in [5.74, 6) is 0.732. The van der Waals surface area contributed by atoms with Crippen LogP contribution in [0, 0.1) is 19.8 Å². The first-order valence-electron chi connectivity index (χ1n) is 9.65. The molecule has 0 spiro atoms. The smallest absolute Gasteiger partial charge is 0.232 e. The van der Waals surface area contributed by atoms with E-state index in [4.69, 9.17) is 4.42 Å². The number of thiazole rings is 1. The first kappa shape index (κ1) is 19.4. The number of carbonyl (C=O) groups is 2. The molecule has 1 aliphatic rings. The van der Waals surface area contributed by atoms with E-state index in [9.17, 15) is 9.59 Å². The lowest BCUT2D eigenvalue weighted by molar-refractivity contribution is -0.120. The molecule has 1 aromatic carbocycles. The van der Waals surface area contributed by atoms with Crippen LogP contribution in [0.25, 0.3) is 0 Å². The van der Waals surface area contributed by atoms with Crippen LogP contribution in [0.2, 0.25) is 0 Å². The Balaban J connectivity index is 1.45. The maximum absolute atomic E-state index is 12.7. The molecule has 1 aliphatic carbocycles. The second-order valence-electron chi connectivity index (χ2n) is 7.44. The molecule has 2 aromatic heterocycles. The van der Waals surface area contributed by atoms with Crippen molar-refractivity contribution >= 4 is 34.0 Å². The molecule has 1 fully saturated rings. The Bertz CT molecular complexity index is 1020. The zero-order chi connectivity index (χ0) is 20.4. The van der Waals surface area contributed by atoms with Crippen LogP contribution in [-0.4, -0.2) is 16.8 Å². The summed E-state index contributed by atoms with van der Waals surface area (Å²) in [6.07, 6.45) is 3.60. The van der Waals surface area contributed by atoms with Gasteiger partial charge in [-0.15, -0.1) is 11.3 Å². The van der Waals surface area contributed by atoms with Gasteiger partial charge in [0.2, 0.25) is 11.8 Å². The Morgan fingerprint density at radius 2 is 2.10 bits per heavy atom. The zero-order valence-electron chi connectivity index (χ0n) is 16.5. The molecule has 0 atom stereocenters. The minimum atomic E-state index is -0.125. The van der Waals surface area contributed by atoms with Crippen LogP contribution in [0.15, 0.2) is 46.4 Å². The Morgan fingerprint density at radius 1 is 1.28 bits per heavy atom. The van der Waals surface area contributed by atoms with Crippen LogP contribution in [-0.2, 0) is 22.6 Å². The van der Waals surface area contributed by atoms with Crippen LogP contribution >= 0.6 is 11.3 Å². The molecule has 2 amide bonds. The second kappa shape index (κ2) is 8.21. The highest BCUT2D eigenvalue weighted by Crippen LogP contribution is 2.34. The number of hydrogen-bond acceptors (Lipinski definition) is 5. The van der Waals surface area contributed by atoms with Gasteiger partial charge < -0.3 is 9.73 Å². The Hall–Kier alpha value is -2.93. The molecule has 1 saturated carbocycles. The molecule has 0 bridgehead atoms. The van der Waals surface area contributed by atoms with Crippen LogP contribution in [0.5, 0.6) is 0 Å².